The summed E-state index contributed by atoms with van der Waals surface area (Å²) in [4.78, 5) is 25.8. The molecular weight excluding hydrogens is 620 g/mol. The van der Waals surface area contributed by atoms with Gasteiger partial charge < -0.3 is 20.1 Å². The Bertz CT molecular complexity index is 2500. The molecule has 0 atom stereocenters. The fraction of sp³-hybridized carbons (Fsp3) is 0.0909. The summed E-state index contributed by atoms with van der Waals surface area (Å²) in [6, 6.07) is 45.3. The lowest BCUT2D eigenvalue weighted by Crippen LogP contribution is -2.29. The number of benzene rings is 9. The van der Waals surface area contributed by atoms with Crippen molar-refractivity contribution in [2.45, 2.75) is 13.1 Å². The number of amides is 2. The molecule has 9 rings (SSSR count). The van der Waals surface area contributed by atoms with Crippen LogP contribution in [0.4, 0.5) is 0 Å². The molecule has 2 amide bonds. The summed E-state index contributed by atoms with van der Waals surface area (Å²) in [6.45, 7) is 0.377. The minimum atomic E-state index is -0.253. The predicted octanol–water partition coefficient (Wildman–Crippen LogP) is 8.87. The number of hydrogen-bond acceptors (Lipinski definition) is 4. The molecule has 0 aliphatic rings. The van der Waals surface area contributed by atoms with Crippen LogP contribution in [0.1, 0.15) is 11.1 Å². The molecule has 9 aromatic carbocycles. The topological polar surface area (TPSA) is 76.7 Å². The molecule has 0 spiro atoms. The molecule has 0 saturated heterocycles. The average Bonchev–Trinajstić information content (AvgIpc) is 3.16. The highest BCUT2D eigenvalue weighted by Crippen LogP contribution is 2.37. The summed E-state index contributed by atoms with van der Waals surface area (Å²) in [5.74, 6) is 0.281. The summed E-state index contributed by atoms with van der Waals surface area (Å²) in [7, 11) is 0. The molecule has 0 aromatic heterocycles. The molecule has 0 saturated carbocycles. The van der Waals surface area contributed by atoms with Crippen molar-refractivity contribution in [3.63, 3.8) is 0 Å². The van der Waals surface area contributed by atoms with Gasteiger partial charge in [0.25, 0.3) is 11.8 Å². The lowest BCUT2D eigenvalue weighted by molar-refractivity contribution is -0.124. The Morgan fingerprint density at radius 3 is 1.18 bits per heavy atom. The van der Waals surface area contributed by atoms with Gasteiger partial charge in [0.1, 0.15) is 0 Å². The lowest BCUT2D eigenvalue weighted by atomic mass is 9.92. The smallest absolute Gasteiger partial charge is 0.258 e. The molecule has 0 fully saturated rings. The number of nitrogens with one attached hydrogen (secondary N) is 2. The van der Waals surface area contributed by atoms with Crippen LogP contribution in [0.2, 0.25) is 0 Å². The molecule has 0 aliphatic heterocycles. The molecular formula is C44H32N2O4. The minimum absolute atomic E-state index is 0.187. The zero-order valence-electron chi connectivity index (χ0n) is 27.2. The summed E-state index contributed by atoms with van der Waals surface area (Å²) in [5.41, 5.74) is 2.09. The van der Waals surface area contributed by atoms with Gasteiger partial charge in [0.05, 0.1) is 0 Å². The summed E-state index contributed by atoms with van der Waals surface area (Å²) in [5, 5.41) is 20.4. The fourth-order valence-corrected chi connectivity index (χ4v) is 7.36. The molecule has 0 radical (unpaired) electrons. The van der Waals surface area contributed by atoms with Crippen molar-refractivity contribution in [2.75, 3.05) is 13.2 Å². The molecule has 0 aliphatic carbocycles. The molecule has 50 heavy (non-hydrogen) atoms. The third-order valence-corrected chi connectivity index (χ3v) is 9.76. The van der Waals surface area contributed by atoms with Crippen LogP contribution in [0.3, 0.4) is 0 Å². The normalized spacial score (nSPS) is 11.7. The molecule has 6 nitrogen and oxygen atoms in total. The monoisotopic (exact) mass is 652 g/mol. The van der Waals surface area contributed by atoms with Crippen LogP contribution in [0.5, 0.6) is 11.5 Å². The van der Waals surface area contributed by atoms with Gasteiger partial charge in [-0.05, 0) is 87.9 Å². The van der Waals surface area contributed by atoms with Crippen molar-refractivity contribution in [3.05, 3.63) is 145 Å². The van der Waals surface area contributed by atoms with E-state index in [-0.39, 0.29) is 25.0 Å². The number of carbonyl (C=O) groups is 2. The molecule has 0 heterocycles. The van der Waals surface area contributed by atoms with E-state index in [9.17, 15) is 9.59 Å². The average molecular weight is 653 g/mol. The van der Waals surface area contributed by atoms with Gasteiger partial charge in [-0.3, -0.25) is 9.59 Å². The van der Waals surface area contributed by atoms with Crippen molar-refractivity contribution in [1.29, 1.82) is 0 Å². The Morgan fingerprint density at radius 2 is 0.760 bits per heavy atom. The number of carbonyl (C=O) groups excluding carboxylic acids is 2. The lowest BCUT2D eigenvalue weighted by Gasteiger charge is -2.15. The first-order valence-corrected chi connectivity index (χ1v) is 16.8. The van der Waals surface area contributed by atoms with Crippen LogP contribution in [0.15, 0.2) is 133 Å². The van der Waals surface area contributed by atoms with E-state index < -0.39 is 0 Å². The van der Waals surface area contributed by atoms with E-state index in [4.69, 9.17) is 9.47 Å². The highest BCUT2D eigenvalue weighted by atomic mass is 16.5. The second-order valence-electron chi connectivity index (χ2n) is 12.7. The Kier molecular flexibility index (Phi) is 7.28. The predicted molar refractivity (Wildman–Crippen MR) is 201 cm³/mol. The summed E-state index contributed by atoms with van der Waals surface area (Å²) < 4.78 is 11.7. The van der Waals surface area contributed by atoms with Crippen molar-refractivity contribution >= 4 is 76.4 Å². The van der Waals surface area contributed by atoms with Gasteiger partial charge in [-0.25, -0.2) is 0 Å². The second kappa shape index (κ2) is 12.2. The van der Waals surface area contributed by atoms with Crippen LogP contribution in [0, 0.1) is 0 Å². The van der Waals surface area contributed by atoms with Crippen LogP contribution >= 0.6 is 0 Å². The third-order valence-electron chi connectivity index (χ3n) is 9.76. The molecule has 6 heteroatoms. The molecule has 2 N–H and O–H groups in total. The molecule has 0 unspecified atom stereocenters. The van der Waals surface area contributed by atoms with Crippen molar-refractivity contribution in [1.82, 2.24) is 10.6 Å². The number of rotatable bonds is 10. The largest absolute Gasteiger partial charge is 0.480 e. The van der Waals surface area contributed by atoms with Crippen LogP contribution in [-0.4, -0.2) is 25.0 Å². The second-order valence-corrected chi connectivity index (χ2v) is 12.7. The van der Waals surface area contributed by atoms with E-state index in [0.717, 1.165) is 21.9 Å². The zero-order valence-corrected chi connectivity index (χ0v) is 27.2. The first-order valence-electron chi connectivity index (χ1n) is 16.8. The molecule has 242 valence electrons. The number of para-hydroxylation sites is 2. The first-order chi connectivity index (χ1) is 24.6. The molecule has 0 bridgehead atoms. The zero-order chi connectivity index (χ0) is 33.6. The van der Waals surface area contributed by atoms with Gasteiger partial charge in [0, 0.05) is 13.1 Å². The van der Waals surface area contributed by atoms with Gasteiger partial charge in [0.2, 0.25) is 0 Å². The van der Waals surface area contributed by atoms with E-state index >= 15 is 0 Å². The fourth-order valence-electron chi connectivity index (χ4n) is 7.36. The number of ether oxygens (including phenoxy) is 2. The van der Waals surface area contributed by atoms with Crippen LogP contribution in [-0.2, 0) is 22.7 Å². The van der Waals surface area contributed by atoms with Gasteiger partial charge in [-0.1, -0.05) is 121 Å². The van der Waals surface area contributed by atoms with Crippen LogP contribution < -0.4 is 20.1 Å². The maximum atomic E-state index is 12.9. The Morgan fingerprint density at radius 1 is 0.400 bits per heavy atom. The standard InChI is InChI=1S/C44H32N2O4/c47-39(45-23-33-17-15-31-13-11-27-5-3-7-29-19-21-35(33)43(31)41(27)29)25-49-37-9-1-2-10-38(37)50-26-40(48)46-24-34-18-16-32-14-12-28-6-4-8-30-20-22-36(34)44(32)42(28)30/h1-22H,23-26H2,(H,45,47)(H,46,48). The van der Waals surface area contributed by atoms with Crippen molar-refractivity contribution in [3.8, 4) is 11.5 Å². The maximum Gasteiger partial charge on any atom is 0.258 e. The van der Waals surface area contributed by atoms with E-state index in [1.807, 2.05) is 0 Å². The van der Waals surface area contributed by atoms with Gasteiger partial charge in [-0.2, -0.15) is 0 Å². The molecule has 9 aromatic rings. The van der Waals surface area contributed by atoms with E-state index in [1.165, 1.54) is 53.9 Å². The quantitative estimate of drug-likeness (QED) is 0.145. The first kappa shape index (κ1) is 29.7. The van der Waals surface area contributed by atoms with Gasteiger partial charge >= 0.3 is 0 Å². The van der Waals surface area contributed by atoms with Gasteiger partial charge in [0.15, 0.2) is 24.7 Å². The number of hydrogen-bond donors (Lipinski definition) is 2. The Labute approximate surface area is 287 Å². The SMILES string of the molecule is O=C(COc1ccccc1OCC(=O)NCc1ccc2ccc3cccc4ccc1c2c34)NCc1ccc2ccc3cccc4ccc1c2c34. The van der Waals surface area contributed by atoms with E-state index in [2.05, 4.69) is 120 Å². The highest BCUT2D eigenvalue weighted by Gasteiger charge is 2.15. The maximum absolute atomic E-state index is 12.9. The van der Waals surface area contributed by atoms with E-state index in [1.54, 1.807) is 24.3 Å². The van der Waals surface area contributed by atoms with Crippen LogP contribution in [0.25, 0.3) is 64.6 Å². The summed E-state index contributed by atoms with van der Waals surface area (Å²) >= 11 is 0. The third kappa shape index (κ3) is 5.22. The minimum Gasteiger partial charge on any atom is -0.480 e. The Hall–Kier alpha value is -6.40. The van der Waals surface area contributed by atoms with E-state index in [0.29, 0.717) is 24.6 Å². The van der Waals surface area contributed by atoms with Gasteiger partial charge in [-0.15, -0.1) is 0 Å². The van der Waals surface area contributed by atoms with Crippen molar-refractivity contribution < 1.29 is 19.1 Å². The summed E-state index contributed by atoms with van der Waals surface area (Å²) in [6.07, 6.45) is 0. The Balaban J connectivity index is 0.825. The highest BCUT2D eigenvalue weighted by molar-refractivity contribution is 6.24. The van der Waals surface area contributed by atoms with Crippen molar-refractivity contribution in [2.24, 2.45) is 0 Å².